The molecule has 0 radical (unpaired) electrons. The summed E-state index contributed by atoms with van der Waals surface area (Å²) in [6.07, 6.45) is -1.38. The summed E-state index contributed by atoms with van der Waals surface area (Å²) in [5, 5.41) is 14.1. The number of halogens is 3. The van der Waals surface area contributed by atoms with Crippen LogP contribution in [-0.2, 0) is 17.5 Å². The van der Waals surface area contributed by atoms with Gasteiger partial charge in [0.15, 0.2) is 0 Å². The SMILES string of the molecule is O=C(c1cccs1)N1CCN(C2=C([N+](=O)[O-])C(=O)N(Cc3ccc(C(F)(F)F)cc3)C3CCCCC23)CC1. The van der Waals surface area contributed by atoms with E-state index < -0.39 is 28.3 Å². The Morgan fingerprint density at radius 1 is 1.05 bits per heavy atom. The molecule has 38 heavy (non-hydrogen) atoms. The molecular formula is C26H27F3N4O4S. The Morgan fingerprint density at radius 2 is 1.74 bits per heavy atom. The molecule has 3 aliphatic rings. The van der Waals surface area contributed by atoms with E-state index in [0.717, 1.165) is 25.0 Å². The van der Waals surface area contributed by atoms with Gasteiger partial charge in [-0.2, -0.15) is 13.2 Å². The van der Waals surface area contributed by atoms with E-state index in [-0.39, 0.29) is 24.4 Å². The molecule has 2 fully saturated rings. The quantitative estimate of drug-likeness (QED) is 0.402. The second-order valence-electron chi connectivity index (χ2n) is 9.83. The fourth-order valence-electron chi connectivity index (χ4n) is 5.82. The first-order valence-corrected chi connectivity index (χ1v) is 13.5. The first kappa shape index (κ1) is 26.2. The van der Waals surface area contributed by atoms with Gasteiger partial charge >= 0.3 is 17.8 Å². The highest BCUT2D eigenvalue weighted by Gasteiger charge is 2.50. The van der Waals surface area contributed by atoms with E-state index in [9.17, 15) is 32.9 Å². The van der Waals surface area contributed by atoms with Crippen LogP contribution in [-0.4, -0.2) is 63.7 Å². The van der Waals surface area contributed by atoms with Gasteiger partial charge in [-0.25, -0.2) is 0 Å². The van der Waals surface area contributed by atoms with Crippen LogP contribution in [0, 0.1) is 16.0 Å². The van der Waals surface area contributed by atoms with Crippen molar-refractivity contribution in [3.63, 3.8) is 0 Å². The number of piperazine rings is 1. The van der Waals surface area contributed by atoms with Crippen LogP contribution in [0.2, 0.25) is 0 Å². The number of hydrogen-bond acceptors (Lipinski definition) is 6. The topological polar surface area (TPSA) is 87.0 Å². The molecule has 0 N–H and O–H groups in total. The highest BCUT2D eigenvalue weighted by Crippen LogP contribution is 2.42. The Balaban J connectivity index is 1.40. The molecule has 202 valence electrons. The summed E-state index contributed by atoms with van der Waals surface area (Å²) >= 11 is 1.37. The predicted molar refractivity (Wildman–Crippen MR) is 134 cm³/mol. The maximum absolute atomic E-state index is 13.6. The summed E-state index contributed by atoms with van der Waals surface area (Å²) < 4.78 is 39.0. The van der Waals surface area contributed by atoms with Crippen molar-refractivity contribution in [1.29, 1.82) is 0 Å². The van der Waals surface area contributed by atoms with Crippen LogP contribution in [0.4, 0.5) is 13.2 Å². The van der Waals surface area contributed by atoms with Crippen LogP contribution in [0.15, 0.2) is 53.2 Å². The number of benzene rings is 1. The van der Waals surface area contributed by atoms with E-state index in [1.54, 1.807) is 11.0 Å². The van der Waals surface area contributed by atoms with E-state index in [1.807, 2.05) is 16.3 Å². The fourth-order valence-corrected chi connectivity index (χ4v) is 6.51. The lowest BCUT2D eigenvalue weighted by molar-refractivity contribution is -0.424. The van der Waals surface area contributed by atoms with Crippen LogP contribution >= 0.6 is 11.3 Å². The molecule has 2 unspecified atom stereocenters. The Hall–Kier alpha value is -3.41. The summed E-state index contributed by atoms with van der Waals surface area (Å²) in [5.41, 5.74) is -0.316. The van der Waals surface area contributed by atoms with Crippen molar-refractivity contribution in [3.8, 4) is 0 Å². The first-order valence-electron chi connectivity index (χ1n) is 12.6. The fraction of sp³-hybridized carbons (Fsp3) is 0.462. The van der Waals surface area contributed by atoms with E-state index in [4.69, 9.17) is 0 Å². The molecule has 2 atom stereocenters. The zero-order valence-corrected chi connectivity index (χ0v) is 21.3. The number of alkyl halides is 3. The minimum absolute atomic E-state index is 0.00580. The number of nitro groups is 1. The molecule has 12 heteroatoms. The lowest BCUT2D eigenvalue weighted by Crippen LogP contribution is -2.57. The minimum Gasteiger partial charge on any atom is -0.365 e. The van der Waals surface area contributed by atoms with Gasteiger partial charge in [0.2, 0.25) is 0 Å². The van der Waals surface area contributed by atoms with Crippen molar-refractivity contribution in [3.05, 3.63) is 79.3 Å². The van der Waals surface area contributed by atoms with E-state index in [2.05, 4.69) is 0 Å². The molecule has 3 heterocycles. The largest absolute Gasteiger partial charge is 0.416 e. The number of carbonyl (C=O) groups is 2. The molecule has 2 aromatic rings. The molecule has 5 rings (SSSR count). The normalized spacial score (nSPS) is 22.5. The molecule has 0 spiro atoms. The van der Waals surface area contributed by atoms with Crippen LogP contribution in [0.5, 0.6) is 0 Å². The van der Waals surface area contributed by atoms with Crippen LogP contribution in [0.25, 0.3) is 0 Å². The van der Waals surface area contributed by atoms with Crippen molar-refractivity contribution >= 4 is 23.2 Å². The van der Waals surface area contributed by atoms with Gasteiger partial charge in [0.1, 0.15) is 5.70 Å². The molecule has 1 aromatic carbocycles. The predicted octanol–water partition coefficient (Wildman–Crippen LogP) is 4.61. The molecule has 2 amide bonds. The van der Waals surface area contributed by atoms with Gasteiger partial charge < -0.3 is 14.7 Å². The number of thiophene rings is 1. The highest BCUT2D eigenvalue weighted by molar-refractivity contribution is 7.12. The van der Waals surface area contributed by atoms with Crippen molar-refractivity contribution in [2.24, 2.45) is 5.92 Å². The molecular weight excluding hydrogens is 521 g/mol. The first-order chi connectivity index (χ1) is 18.1. The van der Waals surface area contributed by atoms with Gasteiger partial charge in [-0.15, -0.1) is 11.3 Å². The third-order valence-corrected chi connectivity index (χ3v) is 8.50. The van der Waals surface area contributed by atoms with Gasteiger partial charge in [-0.1, -0.05) is 31.0 Å². The molecule has 8 nitrogen and oxygen atoms in total. The summed E-state index contributed by atoms with van der Waals surface area (Å²) in [6, 6.07) is 7.89. The molecule has 1 saturated heterocycles. The molecule has 1 aliphatic carbocycles. The average molecular weight is 549 g/mol. The van der Waals surface area contributed by atoms with Crippen LogP contribution in [0.3, 0.4) is 0 Å². The van der Waals surface area contributed by atoms with Crippen molar-refractivity contribution in [1.82, 2.24) is 14.7 Å². The highest BCUT2D eigenvalue weighted by atomic mass is 32.1. The average Bonchev–Trinajstić information content (AvgIpc) is 3.44. The molecule has 1 saturated carbocycles. The number of hydrogen-bond donors (Lipinski definition) is 0. The Kier molecular flexibility index (Phi) is 7.17. The van der Waals surface area contributed by atoms with E-state index in [1.165, 1.54) is 28.4 Å². The summed E-state index contributed by atoms with van der Waals surface area (Å²) in [6.45, 7) is 1.57. The van der Waals surface area contributed by atoms with E-state index >= 15 is 0 Å². The van der Waals surface area contributed by atoms with Crippen molar-refractivity contribution < 1.29 is 27.7 Å². The zero-order chi connectivity index (χ0) is 27.0. The Morgan fingerprint density at radius 3 is 2.34 bits per heavy atom. The Bertz CT molecular complexity index is 1240. The maximum Gasteiger partial charge on any atom is 0.416 e. The molecule has 1 aromatic heterocycles. The smallest absolute Gasteiger partial charge is 0.365 e. The second kappa shape index (κ2) is 10.4. The summed E-state index contributed by atoms with van der Waals surface area (Å²) in [7, 11) is 0. The lowest BCUT2D eigenvalue weighted by Gasteiger charge is -2.47. The monoisotopic (exact) mass is 548 g/mol. The van der Waals surface area contributed by atoms with Gasteiger partial charge in [0.25, 0.3) is 5.91 Å². The standard InChI is InChI=1S/C26H27F3N4O4S/c27-26(28,29)18-9-7-17(8-10-18)16-32-20-5-2-1-4-19(20)22(23(25(32)35)33(36)37)30-11-13-31(14-12-30)24(34)21-6-3-15-38-21/h3,6-10,15,19-20H,1-2,4-5,11-14,16H2. The third-order valence-electron chi connectivity index (χ3n) is 7.64. The van der Waals surface area contributed by atoms with Gasteiger partial charge in [-0.3, -0.25) is 19.7 Å². The van der Waals surface area contributed by atoms with Crippen molar-refractivity contribution in [2.75, 3.05) is 26.2 Å². The van der Waals surface area contributed by atoms with Crippen LogP contribution < -0.4 is 0 Å². The number of carbonyl (C=O) groups excluding carboxylic acids is 2. The zero-order valence-electron chi connectivity index (χ0n) is 20.5. The van der Waals surface area contributed by atoms with Crippen molar-refractivity contribution in [2.45, 2.75) is 44.4 Å². The van der Waals surface area contributed by atoms with Gasteiger partial charge in [0, 0.05) is 44.7 Å². The van der Waals surface area contributed by atoms with Gasteiger partial charge in [0.05, 0.1) is 15.4 Å². The van der Waals surface area contributed by atoms with Gasteiger partial charge in [-0.05, 0) is 42.0 Å². The minimum atomic E-state index is -4.47. The maximum atomic E-state index is 13.6. The second-order valence-corrected chi connectivity index (χ2v) is 10.8. The molecule has 0 bridgehead atoms. The Labute approximate surface area is 221 Å². The van der Waals surface area contributed by atoms with Crippen LogP contribution in [0.1, 0.15) is 46.5 Å². The van der Waals surface area contributed by atoms with E-state index in [0.29, 0.717) is 55.2 Å². The summed E-state index contributed by atoms with van der Waals surface area (Å²) in [5.74, 6) is -1.01. The third kappa shape index (κ3) is 5.01. The number of rotatable bonds is 5. The number of fused-ring (bicyclic) bond motifs is 1. The number of nitrogens with zero attached hydrogens (tertiary/aromatic N) is 4. The number of amides is 2. The lowest BCUT2D eigenvalue weighted by atomic mass is 9.77. The molecule has 2 aliphatic heterocycles. The summed E-state index contributed by atoms with van der Waals surface area (Å²) in [4.78, 5) is 43.7.